The summed E-state index contributed by atoms with van der Waals surface area (Å²) in [4.78, 5) is 13.0. The number of Topliss-reactive ketones (excluding diaryl/α,β-unsaturated/α-hetero) is 1. The largest absolute Gasteiger partial charge is 0.491 e. The monoisotopic (exact) mass is 276 g/mol. The molecule has 0 saturated carbocycles. The van der Waals surface area contributed by atoms with Crippen LogP contribution in [0.2, 0.25) is 0 Å². The van der Waals surface area contributed by atoms with Crippen LogP contribution in [0.15, 0.2) is 24.3 Å². The lowest BCUT2D eigenvalue weighted by atomic mass is 10.1. The Hall–Kier alpha value is -1.90. The first-order valence-electron chi connectivity index (χ1n) is 6.50. The van der Waals surface area contributed by atoms with Crippen LogP contribution in [0, 0.1) is 11.3 Å². The molecule has 0 bridgehead atoms. The summed E-state index contributed by atoms with van der Waals surface area (Å²) in [5.41, 5.74) is 0.633. The molecule has 0 aliphatic rings. The van der Waals surface area contributed by atoms with Crippen molar-refractivity contribution in [3.8, 4) is 11.8 Å². The number of likely N-dealkylation sites (N-methyl/N-ethyl adjacent to an activating group) is 1. The van der Waals surface area contributed by atoms with Gasteiger partial charge in [0.05, 0.1) is 6.07 Å². The van der Waals surface area contributed by atoms with Crippen molar-refractivity contribution < 1.29 is 14.6 Å². The molecule has 1 unspecified atom stereocenters. The normalized spacial score (nSPS) is 11.9. The molecule has 0 fully saturated rings. The molecular formula is C15H20N2O3. The standard InChI is InChI=1S/C15H20N2O3/c1-12(18)13-4-6-15(7-5-13)20-11-14(19)10-17(2)9-3-8-16/h4-7,14,19H,3,9-11H2,1-2H3. The molecule has 0 radical (unpaired) electrons. The lowest BCUT2D eigenvalue weighted by Crippen LogP contribution is -2.33. The molecule has 1 N–H and O–H groups in total. The van der Waals surface area contributed by atoms with Crippen molar-refractivity contribution in [3.05, 3.63) is 29.8 Å². The van der Waals surface area contributed by atoms with Gasteiger partial charge in [0.1, 0.15) is 18.5 Å². The Labute approximate surface area is 119 Å². The number of carbonyl (C=O) groups is 1. The van der Waals surface area contributed by atoms with E-state index in [9.17, 15) is 9.90 Å². The van der Waals surface area contributed by atoms with Crippen molar-refractivity contribution in [2.45, 2.75) is 19.4 Å². The molecule has 0 amide bonds. The van der Waals surface area contributed by atoms with Gasteiger partial charge in [-0.15, -0.1) is 0 Å². The summed E-state index contributed by atoms with van der Waals surface area (Å²) in [5, 5.41) is 18.3. The number of hydrogen-bond donors (Lipinski definition) is 1. The highest BCUT2D eigenvalue weighted by atomic mass is 16.5. The van der Waals surface area contributed by atoms with E-state index in [1.54, 1.807) is 24.3 Å². The van der Waals surface area contributed by atoms with Crippen molar-refractivity contribution in [2.24, 2.45) is 0 Å². The van der Waals surface area contributed by atoms with Crippen LogP contribution in [-0.2, 0) is 0 Å². The Bertz CT molecular complexity index is 465. The third-order valence-electron chi connectivity index (χ3n) is 2.83. The molecule has 1 rings (SSSR count). The van der Waals surface area contributed by atoms with Crippen molar-refractivity contribution in [1.82, 2.24) is 4.90 Å². The number of ketones is 1. The van der Waals surface area contributed by atoms with Gasteiger partial charge in [-0.05, 0) is 38.2 Å². The summed E-state index contributed by atoms with van der Waals surface area (Å²) in [5.74, 6) is 0.629. The van der Waals surface area contributed by atoms with E-state index in [-0.39, 0.29) is 12.4 Å². The van der Waals surface area contributed by atoms with Gasteiger partial charge in [-0.2, -0.15) is 5.26 Å². The molecular weight excluding hydrogens is 256 g/mol. The first kappa shape index (κ1) is 16.2. The summed E-state index contributed by atoms with van der Waals surface area (Å²) >= 11 is 0. The van der Waals surface area contributed by atoms with Crippen molar-refractivity contribution >= 4 is 5.78 Å². The van der Waals surface area contributed by atoms with Crippen LogP contribution < -0.4 is 4.74 Å². The van der Waals surface area contributed by atoms with Gasteiger partial charge in [-0.25, -0.2) is 0 Å². The third-order valence-corrected chi connectivity index (χ3v) is 2.83. The van der Waals surface area contributed by atoms with E-state index in [4.69, 9.17) is 10.00 Å². The number of aliphatic hydroxyl groups excluding tert-OH is 1. The molecule has 0 aromatic heterocycles. The van der Waals surface area contributed by atoms with Crippen molar-refractivity contribution in [3.63, 3.8) is 0 Å². The number of hydrogen-bond acceptors (Lipinski definition) is 5. The second-order valence-corrected chi connectivity index (χ2v) is 4.72. The highest BCUT2D eigenvalue weighted by molar-refractivity contribution is 5.94. The number of nitrogens with zero attached hydrogens (tertiary/aromatic N) is 2. The molecule has 0 heterocycles. The Kier molecular flexibility index (Phi) is 6.71. The molecule has 20 heavy (non-hydrogen) atoms. The van der Waals surface area contributed by atoms with Gasteiger partial charge < -0.3 is 14.7 Å². The highest BCUT2D eigenvalue weighted by Crippen LogP contribution is 2.12. The predicted molar refractivity (Wildman–Crippen MR) is 75.7 cm³/mol. The summed E-state index contributed by atoms with van der Waals surface area (Å²) in [7, 11) is 1.85. The number of carbonyl (C=O) groups excluding carboxylic acids is 1. The van der Waals surface area contributed by atoms with Crippen molar-refractivity contribution in [2.75, 3.05) is 26.7 Å². The molecule has 0 aliphatic heterocycles. The van der Waals surface area contributed by atoms with Crippen LogP contribution in [0.4, 0.5) is 0 Å². The van der Waals surface area contributed by atoms with E-state index < -0.39 is 6.10 Å². The molecule has 1 aromatic rings. The topological polar surface area (TPSA) is 73.6 Å². The zero-order chi connectivity index (χ0) is 15.0. The van der Waals surface area contributed by atoms with Gasteiger partial charge in [-0.1, -0.05) is 0 Å². The number of rotatable bonds is 8. The Morgan fingerprint density at radius 2 is 2.10 bits per heavy atom. The fraction of sp³-hybridized carbons (Fsp3) is 0.467. The number of aliphatic hydroxyl groups is 1. The first-order chi connectivity index (χ1) is 9.52. The lowest BCUT2D eigenvalue weighted by molar-refractivity contribution is 0.0769. The van der Waals surface area contributed by atoms with E-state index in [1.165, 1.54) is 6.92 Å². The van der Waals surface area contributed by atoms with Crippen LogP contribution in [0.1, 0.15) is 23.7 Å². The van der Waals surface area contributed by atoms with Gasteiger partial charge in [0.2, 0.25) is 0 Å². The minimum atomic E-state index is -0.619. The molecule has 1 atom stereocenters. The maximum atomic E-state index is 11.1. The summed E-state index contributed by atoms with van der Waals surface area (Å²) < 4.78 is 5.45. The zero-order valence-electron chi connectivity index (χ0n) is 11.9. The maximum Gasteiger partial charge on any atom is 0.159 e. The Balaban J connectivity index is 2.35. The smallest absolute Gasteiger partial charge is 0.159 e. The number of nitriles is 1. The number of benzene rings is 1. The van der Waals surface area contributed by atoms with Crippen LogP contribution in [0.5, 0.6) is 5.75 Å². The Morgan fingerprint density at radius 1 is 1.45 bits per heavy atom. The van der Waals surface area contributed by atoms with Crippen LogP contribution in [-0.4, -0.2) is 48.6 Å². The maximum absolute atomic E-state index is 11.1. The van der Waals surface area contributed by atoms with Crippen LogP contribution in [0.3, 0.4) is 0 Å². The van der Waals surface area contributed by atoms with Gasteiger partial charge in [0.25, 0.3) is 0 Å². The van der Waals surface area contributed by atoms with Gasteiger partial charge in [-0.3, -0.25) is 4.79 Å². The lowest BCUT2D eigenvalue weighted by Gasteiger charge is -2.19. The SMILES string of the molecule is CC(=O)c1ccc(OCC(O)CN(C)CCC#N)cc1. The first-order valence-corrected chi connectivity index (χ1v) is 6.50. The fourth-order valence-corrected chi connectivity index (χ4v) is 1.72. The molecule has 5 nitrogen and oxygen atoms in total. The fourth-order valence-electron chi connectivity index (χ4n) is 1.72. The molecule has 5 heteroatoms. The second kappa shape index (κ2) is 8.31. The third kappa shape index (κ3) is 5.83. The van der Waals surface area contributed by atoms with E-state index in [2.05, 4.69) is 6.07 Å². The van der Waals surface area contributed by atoms with Gasteiger partial charge >= 0.3 is 0 Å². The molecule has 108 valence electrons. The summed E-state index contributed by atoms with van der Waals surface area (Å²) in [6.07, 6.45) is -0.178. The zero-order valence-corrected chi connectivity index (χ0v) is 11.9. The molecule has 0 aliphatic carbocycles. The van der Waals surface area contributed by atoms with Crippen LogP contribution >= 0.6 is 0 Å². The molecule has 0 spiro atoms. The van der Waals surface area contributed by atoms with E-state index in [1.807, 2.05) is 11.9 Å². The van der Waals surface area contributed by atoms with Crippen molar-refractivity contribution in [1.29, 1.82) is 5.26 Å². The van der Waals surface area contributed by atoms with Gasteiger partial charge in [0, 0.05) is 25.1 Å². The number of ether oxygens (including phenoxy) is 1. The predicted octanol–water partition coefficient (Wildman–Crippen LogP) is 1.47. The van der Waals surface area contributed by atoms with E-state index in [0.29, 0.717) is 30.8 Å². The minimum absolute atomic E-state index is 0.00991. The summed E-state index contributed by atoms with van der Waals surface area (Å²) in [6, 6.07) is 8.88. The average molecular weight is 276 g/mol. The minimum Gasteiger partial charge on any atom is -0.491 e. The average Bonchev–Trinajstić information content (AvgIpc) is 2.43. The van der Waals surface area contributed by atoms with E-state index in [0.717, 1.165) is 0 Å². The quantitative estimate of drug-likeness (QED) is 0.728. The molecule has 0 saturated heterocycles. The highest BCUT2D eigenvalue weighted by Gasteiger charge is 2.09. The summed E-state index contributed by atoms with van der Waals surface area (Å²) in [6.45, 7) is 2.76. The second-order valence-electron chi connectivity index (χ2n) is 4.72. The Morgan fingerprint density at radius 3 is 2.65 bits per heavy atom. The van der Waals surface area contributed by atoms with E-state index >= 15 is 0 Å². The van der Waals surface area contributed by atoms with Crippen LogP contribution in [0.25, 0.3) is 0 Å². The van der Waals surface area contributed by atoms with Gasteiger partial charge in [0.15, 0.2) is 5.78 Å². The molecule has 1 aromatic carbocycles.